The molecular formula is C13H12BrClF2N2O. The molecule has 2 rings (SSSR count). The van der Waals surface area contributed by atoms with Gasteiger partial charge in [0.25, 0.3) is 0 Å². The molecule has 0 bridgehead atoms. The predicted octanol–water partition coefficient (Wildman–Crippen LogP) is 4.65. The van der Waals surface area contributed by atoms with Crippen molar-refractivity contribution in [2.24, 2.45) is 7.05 Å². The molecule has 0 aliphatic heterocycles. The maximum absolute atomic E-state index is 12.4. The molecule has 108 valence electrons. The van der Waals surface area contributed by atoms with Crippen molar-refractivity contribution in [3.05, 3.63) is 45.7 Å². The Morgan fingerprint density at radius 1 is 1.45 bits per heavy atom. The van der Waals surface area contributed by atoms with Crippen LogP contribution in [0.3, 0.4) is 0 Å². The number of alkyl halides is 2. The minimum absolute atomic E-state index is 0.0420. The van der Waals surface area contributed by atoms with Crippen LogP contribution in [0.4, 0.5) is 14.5 Å². The van der Waals surface area contributed by atoms with Gasteiger partial charge in [0.15, 0.2) is 5.75 Å². The van der Waals surface area contributed by atoms with E-state index in [0.29, 0.717) is 21.7 Å². The van der Waals surface area contributed by atoms with Crippen molar-refractivity contribution >= 4 is 33.2 Å². The molecule has 0 atom stereocenters. The van der Waals surface area contributed by atoms with Crippen LogP contribution in [0.15, 0.2) is 35.1 Å². The highest BCUT2D eigenvalue weighted by molar-refractivity contribution is 9.10. The average Bonchev–Trinajstić information content (AvgIpc) is 2.76. The molecule has 2 aromatic rings. The Labute approximate surface area is 128 Å². The number of anilines is 1. The summed E-state index contributed by atoms with van der Waals surface area (Å²) in [5.41, 5.74) is 1.43. The molecule has 7 heteroatoms. The summed E-state index contributed by atoms with van der Waals surface area (Å²) in [4.78, 5) is 0. The number of rotatable bonds is 5. The van der Waals surface area contributed by atoms with Crippen molar-refractivity contribution in [1.82, 2.24) is 4.57 Å². The Hall–Kier alpha value is -1.27. The summed E-state index contributed by atoms with van der Waals surface area (Å²) < 4.78 is 31.7. The highest BCUT2D eigenvalue weighted by atomic mass is 79.9. The van der Waals surface area contributed by atoms with Crippen molar-refractivity contribution < 1.29 is 13.5 Å². The number of benzene rings is 1. The molecule has 0 unspecified atom stereocenters. The van der Waals surface area contributed by atoms with Crippen LogP contribution in [-0.2, 0) is 13.6 Å². The maximum Gasteiger partial charge on any atom is 0.387 e. The molecule has 0 fully saturated rings. The van der Waals surface area contributed by atoms with Crippen molar-refractivity contribution in [3.8, 4) is 5.75 Å². The Morgan fingerprint density at radius 3 is 2.80 bits per heavy atom. The van der Waals surface area contributed by atoms with Gasteiger partial charge >= 0.3 is 6.61 Å². The fraction of sp³-hybridized carbons (Fsp3) is 0.231. The lowest BCUT2D eigenvalue weighted by Crippen LogP contribution is -2.07. The molecule has 0 spiro atoms. The Bertz CT molecular complexity index is 604. The summed E-state index contributed by atoms with van der Waals surface area (Å²) in [6.45, 7) is -2.42. The minimum Gasteiger partial charge on any atom is -0.431 e. The van der Waals surface area contributed by atoms with Crippen LogP contribution in [0.25, 0.3) is 0 Å². The first kappa shape index (κ1) is 15.1. The van der Waals surface area contributed by atoms with Gasteiger partial charge in [0.1, 0.15) is 0 Å². The van der Waals surface area contributed by atoms with Crippen LogP contribution in [0.1, 0.15) is 5.56 Å². The normalized spacial score (nSPS) is 10.9. The molecule has 3 nitrogen and oxygen atoms in total. The van der Waals surface area contributed by atoms with Crippen LogP contribution >= 0.6 is 27.5 Å². The summed E-state index contributed by atoms with van der Waals surface area (Å²) in [6, 6.07) is 4.99. The third-order valence-electron chi connectivity index (χ3n) is 2.59. The largest absolute Gasteiger partial charge is 0.431 e. The molecule has 0 aliphatic rings. The fourth-order valence-electron chi connectivity index (χ4n) is 1.76. The highest BCUT2D eigenvalue weighted by Crippen LogP contribution is 2.37. The van der Waals surface area contributed by atoms with Gasteiger partial charge in [-0.2, -0.15) is 8.78 Å². The number of hydrogen-bond acceptors (Lipinski definition) is 2. The van der Waals surface area contributed by atoms with Gasteiger partial charge < -0.3 is 14.6 Å². The smallest absolute Gasteiger partial charge is 0.387 e. The molecule has 0 saturated carbocycles. The van der Waals surface area contributed by atoms with Crippen molar-refractivity contribution in [1.29, 1.82) is 0 Å². The Morgan fingerprint density at radius 2 is 2.20 bits per heavy atom. The highest BCUT2D eigenvalue weighted by Gasteiger charge is 2.15. The van der Waals surface area contributed by atoms with Crippen molar-refractivity contribution in [2.75, 3.05) is 5.32 Å². The van der Waals surface area contributed by atoms with Gasteiger partial charge in [-0.15, -0.1) is 0 Å². The molecule has 0 amide bonds. The number of halogens is 4. The zero-order valence-electron chi connectivity index (χ0n) is 10.5. The third kappa shape index (κ3) is 3.86. The van der Waals surface area contributed by atoms with E-state index in [4.69, 9.17) is 11.6 Å². The standard InChI is InChI=1S/C13H12BrClF2N2O/c1-19-3-2-8(7-19)6-18-11-5-9(15)4-10(14)12(11)20-13(16)17/h2-5,7,13,18H,6H2,1H3. The van der Waals surface area contributed by atoms with Gasteiger partial charge in [0, 0.05) is 31.0 Å². The fourth-order valence-corrected chi connectivity index (χ4v) is 2.67. The number of nitrogens with zero attached hydrogens (tertiary/aromatic N) is 1. The first-order chi connectivity index (χ1) is 9.45. The maximum atomic E-state index is 12.4. The van der Waals surface area contributed by atoms with Gasteiger partial charge in [-0.3, -0.25) is 0 Å². The van der Waals surface area contributed by atoms with E-state index in [2.05, 4.69) is 26.0 Å². The topological polar surface area (TPSA) is 26.2 Å². The van der Waals surface area contributed by atoms with Crippen LogP contribution in [0.5, 0.6) is 5.75 Å². The zero-order valence-corrected chi connectivity index (χ0v) is 12.9. The number of ether oxygens (including phenoxy) is 1. The van der Waals surface area contributed by atoms with E-state index in [0.717, 1.165) is 5.56 Å². The SMILES string of the molecule is Cn1ccc(CNc2cc(Cl)cc(Br)c2OC(F)F)c1. The lowest BCUT2D eigenvalue weighted by Gasteiger charge is -2.14. The predicted molar refractivity (Wildman–Crippen MR) is 78.5 cm³/mol. The molecule has 1 aromatic carbocycles. The number of aryl methyl sites for hydroxylation is 1. The van der Waals surface area contributed by atoms with E-state index in [9.17, 15) is 8.78 Å². The van der Waals surface area contributed by atoms with Gasteiger partial charge in [-0.1, -0.05) is 11.6 Å². The van der Waals surface area contributed by atoms with Gasteiger partial charge in [0.2, 0.25) is 0 Å². The number of nitrogens with one attached hydrogen (secondary N) is 1. The average molecular weight is 366 g/mol. The van der Waals surface area contributed by atoms with E-state index in [1.807, 2.05) is 30.1 Å². The molecule has 20 heavy (non-hydrogen) atoms. The van der Waals surface area contributed by atoms with Crippen molar-refractivity contribution in [2.45, 2.75) is 13.2 Å². The lowest BCUT2D eigenvalue weighted by atomic mass is 10.2. The van der Waals surface area contributed by atoms with Crippen LogP contribution in [-0.4, -0.2) is 11.2 Å². The van der Waals surface area contributed by atoms with E-state index in [1.165, 1.54) is 6.07 Å². The van der Waals surface area contributed by atoms with E-state index >= 15 is 0 Å². The molecule has 0 saturated heterocycles. The molecular weight excluding hydrogens is 354 g/mol. The van der Waals surface area contributed by atoms with Gasteiger partial charge in [-0.05, 0) is 39.7 Å². The molecule has 0 radical (unpaired) electrons. The van der Waals surface area contributed by atoms with Crippen LogP contribution in [0.2, 0.25) is 5.02 Å². The summed E-state index contributed by atoms with van der Waals surface area (Å²) >= 11 is 9.10. The Balaban J connectivity index is 2.20. The molecule has 1 N–H and O–H groups in total. The van der Waals surface area contributed by atoms with E-state index in [1.54, 1.807) is 6.07 Å². The minimum atomic E-state index is -2.90. The van der Waals surface area contributed by atoms with Crippen molar-refractivity contribution in [3.63, 3.8) is 0 Å². The second kappa shape index (κ2) is 6.45. The lowest BCUT2D eigenvalue weighted by molar-refractivity contribution is -0.0498. The van der Waals surface area contributed by atoms with Crippen LogP contribution < -0.4 is 10.1 Å². The first-order valence-corrected chi connectivity index (χ1v) is 6.91. The van der Waals surface area contributed by atoms with E-state index < -0.39 is 6.61 Å². The first-order valence-electron chi connectivity index (χ1n) is 5.74. The zero-order chi connectivity index (χ0) is 14.7. The number of hydrogen-bond donors (Lipinski definition) is 1. The van der Waals surface area contributed by atoms with E-state index in [-0.39, 0.29) is 5.75 Å². The van der Waals surface area contributed by atoms with Crippen LogP contribution in [0, 0.1) is 0 Å². The Kier molecular flexibility index (Phi) is 4.88. The van der Waals surface area contributed by atoms with Gasteiger partial charge in [-0.25, -0.2) is 0 Å². The summed E-state index contributed by atoms with van der Waals surface area (Å²) in [6.07, 6.45) is 3.84. The second-order valence-corrected chi connectivity index (χ2v) is 5.47. The van der Waals surface area contributed by atoms with Gasteiger partial charge in [0.05, 0.1) is 10.2 Å². The molecule has 1 heterocycles. The quantitative estimate of drug-likeness (QED) is 0.834. The summed E-state index contributed by atoms with van der Waals surface area (Å²) in [5, 5.41) is 3.47. The summed E-state index contributed by atoms with van der Waals surface area (Å²) in [7, 11) is 1.91. The third-order valence-corrected chi connectivity index (χ3v) is 3.40. The second-order valence-electron chi connectivity index (χ2n) is 4.18. The molecule has 1 aromatic heterocycles. The summed E-state index contributed by atoms with van der Waals surface area (Å²) in [5.74, 6) is 0.0420. The monoisotopic (exact) mass is 364 g/mol. The molecule has 0 aliphatic carbocycles. The number of aromatic nitrogens is 1.